The Morgan fingerprint density at radius 3 is 2.61 bits per heavy atom. The second-order valence-corrected chi connectivity index (χ2v) is 9.47. The molecule has 7 nitrogen and oxygen atoms in total. The van der Waals surface area contributed by atoms with E-state index in [9.17, 15) is 14.4 Å². The van der Waals surface area contributed by atoms with Gasteiger partial charge in [0.2, 0.25) is 11.8 Å². The number of ether oxygens (including phenoxy) is 1. The molecule has 0 bridgehead atoms. The van der Waals surface area contributed by atoms with E-state index in [4.69, 9.17) is 4.74 Å². The molecule has 3 heterocycles. The lowest BCUT2D eigenvalue weighted by molar-refractivity contribution is -0.136. The van der Waals surface area contributed by atoms with Crippen LogP contribution in [0.3, 0.4) is 0 Å². The van der Waals surface area contributed by atoms with Gasteiger partial charge in [-0.3, -0.25) is 19.3 Å². The monoisotopic (exact) mass is 465 g/mol. The summed E-state index contributed by atoms with van der Waals surface area (Å²) in [6, 6.07) is 11.1. The van der Waals surface area contributed by atoms with E-state index in [0.29, 0.717) is 38.3 Å². The quantitative estimate of drug-likeness (QED) is 0.741. The number of rotatable bonds is 4. The van der Waals surface area contributed by atoms with Crippen LogP contribution in [-0.4, -0.2) is 48.8 Å². The molecule has 33 heavy (non-hydrogen) atoms. The van der Waals surface area contributed by atoms with Gasteiger partial charge in [-0.1, -0.05) is 18.2 Å². The summed E-state index contributed by atoms with van der Waals surface area (Å²) in [5, 5.41) is 5.44. The average Bonchev–Trinajstić information content (AvgIpc) is 3.32. The fourth-order valence-electron chi connectivity index (χ4n) is 4.83. The van der Waals surface area contributed by atoms with E-state index in [2.05, 4.69) is 5.32 Å². The Bertz CT molecular complexity index is 1090. The maximum atomic E-state index is 13.8. The first-order chi connectivity index (χ1) is 16.1. The van der Waals surface area contributed by atoms with Crippen molar-refractivity contribution in [2.45, 2.75) is 38.1 Å². The van der Waals surface area contributed by atoms with Gasteiger partial charge in [-0.25, -0.2) is 0 Å². The highest BCUT2D eigenvalue weighted by Crippen LogP contribution is 2.46. The maximum Gasteiger partial charge on any atom is 0.228 e. The van der Waals surface area contributed by atoms with Crippen LogP contribution in [0.5, 0.6) is 0 Å². The fraction of sp³-hybridized carbons (Fsp3) is 0.400. The van der Waals surface area contributed by atoms with Gasteiger partial charge < -0.3 is 15.0 Å². The third kappa shape index (κ3) is 4.32. The SMILES string of the molecule is O=C1CCCC2=C1[C@@H](c1cccs1)N(C(=O)CCC(=O)N1CCOCC1)c1ccccc1N2. The van der Waals surface area contributed by atoms with Crippen LogP contribution in [-0.2, 0) is 19.1 Å². The molecule has 0 spiro atoms. The Hall–Kier alpha value is -2.97. The normalized spacial score (nSPS) is 20.6. The molecule has 2 aromatic rings. The van der Waals surface area contributed by atoms with E-state index in [0.717, 1.165) is 34.8 Å². The molecule has 0 unspecified atom stereocenters. The number of nitrogens with zero attached hydrogens (tertiary/aromatic N) is 2. The molecule has 1 aromatic carbocycles. The Labute approximate surface area is 197 Å². The summed E-state index contributed by atoms with van der Waals surface area (Å²) in [4.78, 5) is 44.1. The van der Waals surface area contributed by atoms with Crippen LogP contribution in [0, 0.1) is 0 Å². The van der Waals surface area contributed by atoms with E-state index < -0.39 is 6.04 Å². The molecule has 2 aliphatic heterocycles. The lowest BCUT2D eigenvalue weighted by Gasteiger charge is -2.33. The van der Waals surface area contributed by atoms with Crippen molar-refractivity contribution in [1.29, 1.82) is 0 Å². The summed E-state index contributed by atoms with van der Waals surface area (Å²) in [5.74, 6) is -0.109. The first kappa shape index (κ1) is 21.9. The van der Waals surface area contributed by atoms with Gasteiger partial charge in [-0.2, -0.15) is 0 Å². The molecule has 1 atom stereocenters. The second kappa shape index (κ2) is 9.49. The van der Waals surface area contributed by atoms with Gasteiger partial charge in [0.05, 0.1) is 24.6 Å². The molecule has 3 aliphatic rings. The highest BCUT2D eigenvalue weighted by molar-refractivity contribution is 7.10. The van der Waals surface area contributed by atoms with Crippen LogP contribution in [0.4, 0.5) is 11.4 Å². The predicted octanol–water partition coefficient (Wildman–Crippen LogP) is 3.89. The maximum absolute atomic E-state index is 13.8. The van der Waals surface area contributed by atoms with Gasteiger partial charge in [-0.15, -0.1) is 11.3 Å². The summed E-state index contributed by atoms with van der Waals surface area (Å²) in [5.41, 5.74) is 3.12. The van der Waals surface area contributed by atoms with E-state index in [1.54, 1.807) is 21.1 Å². The fourth-order valence-corrected chi connectivity index (χ4v) is 5.65. The molecule has 8 heteroatoms. The Kier molecular flexibility index (Phi) is 6.28. The number of thiophene rings is 1. The van der Waals surface area contributed by atoms with Gasteiger partial charge in [0.1, 0.15) is 6.04 Å². The Morgan fingerprint density at radius 2 is 1.82 bits per heavy atom. The zero-order chi connectivity index (χ0) is 22.8. The van der Waals surface area contributed by atoms with E-state index in [-0.39, 0.29) is 30.4 Å². The Balaban J connectivity index is 1.51. The third-order valence-electron chi connectivity index (χ3n) is 6.43. The van der Waals surface area contributed by atoms with Crippen molar-refractivity contribution in [3.63, 3.8) is 0 Å². The smallest absolute Gasteiger partial charge is 0.228 e. The van der Waals surface area contributed by atoms with Gasteiger partial charge in [0, 0.05) is 48.5 Å². The number of hydrogen-bond acceptors (Lipinski definition) is 6. The van der Waals surface area contributed by atoms with Crippen molar-refractivity contribution in [3.8, 4) is 0 Å². The van der Waals surface area contributed by atoms with E-state index in [1.165, 1.54) is 0 Å². The number of allylic oxidation sites excluding steroid dienone is 1. The molecule has 0 radical (unpaired) electrons. The number of nitrogens with one attached hydrogen (secondary N) is 1. The number of hydrogen-bond donors (Lipinski definition) is 1. The van der Waals surface area contributed by atoms with E-state index in [1.807, 2.05) is 41.8 Å². The van der Waals surface area contributed by atoms with Crippen LogP contribution < -0.4 is 10.2 Å². The van der Waals surface area contributed by atoms with Crippen molar-refractivity contribution in [3.05, 3.63) is 57.9 Å². The average molecular weight is 466 g/mol. The molecule has 1 N–H and O–H groups in total. The van der Waals surface area contributed by atoms with Crippen molar-refractivity contribution >= 4 is 40.3 Å². The third-order valence-corrected chi connectivity index (χ3v) is 7.36. The molecule has 1 fully saturated rings. The minimum Gasteiger partial charge on any atom is -0.378 e. The summed E-state index contributed by atoms with van der Waals surface area (Å²) in [6.07, 6.45) is 2.28. The minimum absolute atomic E-state index is 0.0331. The first-order valence-corrected chi connectivity index (χ1v) is 12.3. The van der Waals surface area contributed by atoms with Crippen molar-refractivity contribution < 1.29 is 19.1 Å². The molecule has 172 valence electrons. The van der Waals surface area contributed by atoms with E-state index >= 15 is 0 Å². The van der Waals surface area contributed by atoms with Crippen molar-refractivity contribution in [1.82, 2.24) is 4.90 Å². The zero-order valence-corrected chi connectivity index (χ0v) is 19.2. The second-order valence-electron chi connectivity index (χ2n) is 8.49. The molecule has 1 aromatic heterocycles. The van der Waals surface area contributed by atoms with Crippen LogP contribution in [0.15, 0.2) is 53.0 Å². The highest BCUT2D eigenvalue weighted by atomic mass is 32.1. The largest absolute Gasteiger partial charge is 0.378 e. The summed E-state index contributed by atoms with van der Waals surface area (Å²) < 4.78 is 5.33. The van der Waals surface area contributed by atoms with Gasteiger partial charge in [0.25, 0.3) is 0 Å². The topological polar surface area (TPSA) is 79.0 Å². The zero-order valence-electron chi connectivity index (χ0n) is 18.4. The predicted molar refractivity (Wildman–Crippen MR) is 127 cm³/mol. The van der Waals surface area contributed by atoms with Crippen LogP contribution in [0.25, 0.3) is 0 Å². The van der Waals surface area contributed by atoms with Gasteiger partial charge in [-0.05, 0) is 36.4 Å². The summed E-state index contributed by atoms with van der Waals surface area (Å²) in [7, 11) is 0. The first-order valence-electron chi connectivity index (χ1n) is 11.5. The molecular formula is C25H27N3O4S. The lowest BCUT2D eigenvalue weighted by Crippen LogP contribution is -2.42. The van der Waals surface area contributed by atoms with Crippen LogP contribution in [0.2, 0.25) is 0 Å². The molecule has 1 aliphatic carbocycles. The number of carbonyl (C=O) groups excluding carboxylic acids is 3. The number of amides is 2. The molecular weight excluding hydrogens is 438 g/mol. The van der Waals surface area contributed by atoms with Gasteiger partial charge >= 0.3 is 0 Å². The Morgan fingerprint density at radius 1 is 1.03 bits per heavy atom. The minimum atomic E-state index is -0.491. The van der Waals surface area contributed by atoms with Crippen LogP contribution in [0.1, 0.15) is 43.0 Å². The molecule has 1 saturated heterocycles. The van der Waals surface area contributed by atoms with Crippen LogP contribution >= 0.6 is 11.3 Å². The molecule has 5 rings (SSSR count). The number of carbonyl (C=O) groups is 3. The number of benzene rings is 1. The number of fused-ring (bicyclic) bond motifs is 1. The summed E-state index contributed by atoms with van der Waals surface area (Å²) >= 11 is 1.54. The summed E-state index contributed by atoms with van der Waals surface area (Å²) in [6.45, 7) is 2.19. The standard InChI is InChI=1S/C25H27N3O4S/c29-20-8-3-6-18-24(20)25(21-9-4-16-33-21)28(19-7-2-1-5-17(19)26-18)23(31)11-10-22(30)27-12-14-32-15-13-27/h1-2,4-5,7,9,16,25-26H,3,6,8,10-15H2/t25-/m1/s1. The lowest BCUT2D eigenvalue weighted by atomic mass is 9.88. The van der Waals surface area contributed by atoms with Crippen molar-refractivity contribution in [2.75, 3.05) is 36.5 Å². The molecule has 0 saturated carbocycles. The number of para-hydroxylation sites is 2. The number of morpholine rings is 1. The number of anilines is 2. The highest BCUT2D eigenvalue weighted by Gasteiger charge is 2.39. The van der Waals surface area contributed by atoms with Crippen molar-refractivity contribution in [2.24, 2.45) is 0 Å². The number of Topliss-reactive ketones (excluding diaryl/α,β-unsaturated/α-hetero) is 1. The number of ketones is 1. The van der Waals surface area contributed by atoms with Gasteiger partial charge in [0.15, 0.2) is 5.78 Å². The molecule has 2 amide bonds.